The molecule has 0 aromatic carbocycles. The summed E-state index contributed by atoms with van der Waals surface area (Å²) in [5.41, 5.74) is 0. The molecule has 0 radical (unpaired) electrons. The highest BCUT2D eigenvalue weighted by Crippen LogP contribution is 2.15. The van der Waals surface area contributed by atoms with Crippen LogP contribution in [-0.2, 0) is 9.47 Å². The smallest absolute Gasteiger partial charge is 0.159 e. The zero-order valence-corrected chi connectivity index (χ0v) is 8.59. The molecule has 0 aliphatic rings. The van der Waals surface area contributed by atoms with Crippen molar-refractivity contribution < 1.29 is 9.47 Å². The zero-order valence-electron chi connectivity index (χ0n) is 8.59. The van der Waals surface area contributed by atoms with E-state index in [1.54, 1.807) is 14.2 Å². The minimum absolute atomic E-state index is 0.0525. The van der Waals surface area contributed by atoms with E-state index >= 15 is 0 Å². The second-order valence-corrected chi connectivity index (χ2v) is 2.90. The molecule has 1 atom stereocenters. The van der Waals surface area contributed by atoms with Gasteiger partial charge in [0.15, 0.2) is 6.29 Å². The topological polar surface area (TPSA) is 30.5 Å². The number of rotatable bonds is 7. The highest BCUT2D eigenvalue weighted by atomic mass is 16.7. The summed E-state index contributed by atoms with van der Waals surface area (Å²) in [6.45, 7) is 3.17. The Balaban J connectivity index is 3.75. The molecule has 0 spiro atoms. The number of hydrogen-bond donors (Lipinski definition) is 1. The first-order valence-electron chi connectivity index (χ1n) is 4.50. The molecule has 3 nitrogen and oxygen atoms in total. The Morgan fingerprint density at radius 3 is 2.17 bits per heavy atom. The van der Waals surface area contributed by atoms with E-state index in [4.69, 9.17) is 9.47 Å². The first-order chi connectivity index (χ1) is 5.79. The SMILES string of the molecule is CCC(CCNC)C(OC)OC. The summed E-state index contributed by atoms with van der Waals surface area (Å²) in [4.78, 5) is 0. The van der Waals surface area contributed by atoms with Gasteiger partial charge < -0.3 is 14.8 Å². The molecule has 0 saturated carbocycles. The van der Waals surface area contributed by atoms with E-state index in [1.165, 1.54) is 0 Å². The van der Waals surface area contributed by atoms with Gasteiger partial charge in [-0.3, -0.25) is 0 Å². The van der Waals surface area contributed by atoms with Crippen LogP contribution in [0.25, 0.3) is 0 Å². The second kappa shape index (κ2) is 7.53. The van der Waals surface area contributed by atoms with E-state index < -0.39 is 0 Å². The van der Waals surface area contributed by atoms with Gasteiger partial charge in [0.05, 0.1) is 0 Å². The molecule has 0 amide bonds. The van der Waals surface area contributed by atoms with Gasteiger partial charge in [0, 0.05) is 20.1 Å². The quantitative estimate of drug-likeness (QED) is 0.591. The van der Waals surface area contributed by atoms with Gasteiger partial charge in [0.2, 0.25) is 0 Å². The number of methoxy groups -OCH3 is 2. The minimum Gasteiger partial charge on any atom is -0.356 e. The van der Waals surface area contributed by atoms with Gasteiger partial charge in [-0.2, -0.15) is 0 Å². The summed E-state index contributed by atoms with van der Waals surface area (Å²) >= 11 is 0. The second-order valence-electron chi connectivity index (χ2n) is 2.90. The number of ether oxygens (including phenoxy) is 2. The maximum absolute atomic E-state index is 5.20. The van der Waals surface area contributed by atoms with Crippen LogP contribution in [0.2, 0.25) is 0 Å². The van der Waals surface area contributed by atoms with Crippen LogP contribution < -0.4 is 5.32 Å². The maximum atomic E-state index is 5.20. The molecule has 0 aromatic heterocycles. The van der Waals surface area contributed by atoms with Crippen molar-refractivity contribution in [3.05, 3.63) is 0 Å². The van der Waals surface area contributed by atoms with E-state index in [0.29, 0.717) is 5.92 Å². The summed E-state index contributed by atoms with van der Waals surface area (Å²) in [7, 11) is 5.34. The Hall–Kier alpha value is -0.120. The van der Waals surface area contributed by atoms with Crippen LogP contribution in [0.5, 0.6) is 0 Å². The Morgan fingerprint density at radius 2 is 1.83 bits per heavy atom. The molecule has 1 N–H and O–H groups in total. The third kappa shape index (κ3) is 4.04. The number of hydrogen-bond acceptors (Lipinski definition) is 3. The van der Waals surface area contributed by atoms with Crippen molar-refractivity contribution in [1.29, 1.82) is 0 Å². The lowest BCUT2D eigenvalue weighted by Crippen LogP contribution is -2.27. The van der Waals surface area contributed by atoms with Crippen molar-refractivity contribution in [1.82, 2.24) is 5.32 Å². The largest absolute Gasteiger partial charge is 0.356 e. The molecule has 0 aliphatic heterocycles. The fourth-order valence-electron chi connectivity index (χ4n) is 1.34. The molecular weight excluding hydrogens is 154 g/mol. The van der Waals surface area contributed by atoms with Crippen molar-refractivity contribution in [2.45, 2.75) is 26.1 Å². The van der Waals surface area contributed by atoms with E-state index in [9.17, 15) is 0 Å². The average Bonchev–Trinajstić information content (AvgIpc) is 2.12. The Labute approximate surface area is 75.4 Å². The lowest BCUT2D eigenvalue weighted by Gasteiger charge is -2.23. The van der Waals surface area contributed by atoms with Gasteiger partial charge in [-0.15, -0.1) is 0 Å². The van der Waals surface area contributed by atoms with Gasteiger partial charge >= 0.3 is 0 Å². The lowest BCUT2D eigenvalue weighted by molar-refractivity contribution is -0.139. The summed E-state index contributed by atoms with van der Waals surface area (Å²) in [6.07, 6.45) is 2.14. The van der Waals surface area contributed by atoms with Crippen molar-refractivity contribution >= 4 is 0 Å². The molecule has 0 aliphatic carbocycles. The maximum Gasteiger partial charge on any atom is 0.159 e. The van der Waals surface area contributed by atoms with Gasteiger partial charge in [-0.1, -0.05) is 6.92 Å². The summed E-state index contributed by atoms with van der Waals surface area (Å²) in [5, 5.41) is 3.12. The summed E-state index contributed by atoms with van der Waals surface area (Å²) < 4.78 is 10.4. The fourth-order valence-corrected chi connectivity index (χ4v) is 1.34. The Kier molecular flexibility index (Phi) is 7.45. The lowest BCUT2D eigenvalue weighted by atomic mass is 10.0. The third-order valence-corrected chi connectivity index (χ3v) is 2.14. The highest BCUT2D eigenvalue weighted by molar-refractivity contribution is 4.62. The van der Waals surface area contributed by atoms with Crippen LogP contribution in [0.15, 0.2) is 0 Å². The van der Waals surface area contributed by atoms with Crippen LogP contribution in [0.1, 0.15) is 19.8 Å². The number of nitrogens with one attached hydrogen (secondary N) is 1. The molecule has 1 unspecified atom stereocenters. The fraction of sp³-hybridized carbons (Fsp3) is 1.00. The first kappa shape index (κ1) is 11.9. The van der Waals surface area contributed by atoms with Gasteiger partial charge in [0.1, 0.15) is 0 Å². The van der Waals surface area contributed by atoms with Gasteiger partial charge in [-0.05, 0) is 26.4 Å². The molecule has 0 heterocycles. The van der Waals surface area contributed by atoms with Crippen molar-refractivity contribution in [3.8, 4) is 0 Å². The van der Waals surface area contributed by atoms with Crippen molar-refractivity contribution in [2.24, 2.45) is 5.92 Å². The monoisotopic (exact) mass is 175 g/mol. The highest BCUT2D eigenvalue weighted by Gasteiger charge is 2.17. The average molecular weight is 175 g/mol. The molecule has 0 saturated heterocycles. The van der Waals surface area contributed by atoms with Crippen LogP contribution >= 0.6 is 0 Å². The normalized spacial score (nSPS) is 13.8. The Morgan fingerprint density at radius 1 is 1.25 bits per heavy atom. The predicted molar refractivity (Wildman–Crippen MR) is 50.1 cm³/mol. The Bertz CT molecular complexity index is 94.5. The van der Waals surface area contributed by atoms with Crippen LogP contribution in [-0.4, -0.2) is 34.1 Å². The molecule has 0 bridgehead atoms. The third-order valence-electron chi connectivity index (χ3n) is 2.14. The van der Waals surface area contributed by atoms with Crippen LogP contribution in [0.3, 0.4) is 0 Å². The van der Waals surface area contributed by atoms with Crippen LogP contribution in [0.4, 0.5) is 0 Å². The molecule has 0 aromatic rings. The van der Waals surface area contributed by atoms with E-state index in [-0.39, 0.29) is 6.29 Å². The zero-order chi connectivity index (χ0) is 9.40. The predicted octanol–water partition coefficient (Wildman–Crippen LogP) is 1.24. The standard InChI is InChI=1S/C9H21NO2/c1-5-8(6-7-10-2)9(11-3)12-4/h8-10H,5-7H2,1-4H3. The van der Waals surface area contributed by atoms with Crippen molar-refractivity contribution in [2.75, 3.05) is 27.8 Å². The molecule has 0 fully saturated rings. The summed E-state index contributed by atoms with van der Waals surface area (Å²) in [5.74, 6) is 0.493. The van der Waals surface area contributed by atoms with E-state index in [1.807, 2.05) is 7.05 Å². The van der Waals surface area contributed by atoms with Crippen LogP contribution in [0, 0.1) is 5.92 Å². The molecule has 0 rings (SSSR count). The minimum atomic E-state index is -0.0525. The van der Waals surface area contributed by atoms with E-state index in [0.717, 1.165) is 19.4 Å². The molecular formula is C9H21NO2. The van der Waals surface area contributed by atoms with Gasteiger partial charge in [-0.25, -0.2) is 0 Å². The molecule has 12 heavy (non-hydrogen) atoms. The molecule has 3 heteroatoms. The van der Waals surface area contributed by atoms with E-state index in [2.05, 4.69) is 12.2 Å². The van der Waals surface area contributed by atoms with Gasteiger partial charge in [0.25, 0.3) is 0 Å². The van der Waals surface area contributed by atoms with Crippen molar-refractivity contribution in [3.63, 3.8) is 0 Å². The summed E-state index contributed by atoms with van der Waals surface area (Å²) in [6, 6.07) is 0. The molecule has 74 valence electrons. The first-order valence-corrected chi connectivity index (χ1v) is 4.50.